The molecule has 108 valence electrons. The van der Waals surface area contributed by atoms with Crippen molar-refractivity contribution < 1.29 is 22.8 Å². The number of hydrogen-bond donors (Lipinski definition) is 0. The van der Waals surface area contributed by atoms with Crippen LogP contribution in [0.15, 0.2) is 6.07 Å². The smallest absolute Gasteiger partial charge is 0.344 e. The topological polar surface area (TPSA) is 42.3 Å². The summed E-state index contributed by atoms with van der Waals surface area (Å²) in [4.78, 5) is 25.1. The second kappa shape index (κ2) is 3.65. The minimum Gasteiger partial charge on any atom is -0.344 e. The summed E-state index contributed by atoms with van der Waals surface area (Å²) in [5, 5.41) is 0. The molecule has 0 unspecified atom stereocenters. The molecule has 4 nitrogen and oxygen atoms in total. The zero-order chi connectivity index (χ0) is 15.0. The van der Waals surface area contributed by atoms with Gasteiger partial charge in [-0.1, -0.05) is 0 Å². The molecule has 1 saturated heterocycles. The van der Waals surface area contributed by atoms with Crippen molar-refractivity contribution in [1.29, 1.82) is 0 Å². The zero-order valence-corrected chi connectivity index (χ0v) is 11.2. The summed E-state index contributed by atoms with van der Waals surface area (Å²) < 4.78 is 40.3. The van der Waals surface area contributed by atoms with Crippen molar-refractivity contribution in [2.24, 2.45) is 5.92 Å². The van der Waals surface area contributed by atoms with Gasteiger partial charge in [-0.2, -0.15) is 13.2 Å². The summed E-state index contributed by atoms with van der Waals surface area (Å²) >= 11 is 0. The lowest BCUT2D eigenvalue weighted by Gasteiger charge is -2.17. The largest absolute Gasteiger partial charge is 0.418 e. The van der Waals surface area contributed by atoms with Crippen LogP contribution in [0.2, 0.25) is 0 Å². The molecule has 0 spiro atoms. The fourth-order valence-corrected chi connectivity index (χ4v) is 3.51. The van der Waals surface area contributed by atoms with Gasteiger partial charge >= 0.3 is 6.18 Å². The third-order valence-corrected chi connectivity index (χ3v) is 4.44. The lowest BCUT2D eigenvalue weighted by molar-refractivity contribution is -0.139. The number of nitrogens with zero attached hydrogens (tertiary/aromatic N) is 2. The lowest BCUT2D eigenvalue weighted by Crippen LogP contribution is -2.29. The average molecular weight is 286 g/mol. The maximum absolute atomic E-state index is 12.9. The first-order valence-corrected chi connectivity index (χ1v) is 6.26. The predicted octanol–water partition coefficient (Wildman–Crippen LogP) is 2.09. The van der Waals surface area contributed by atoms with E-state index in [0.717, 1.165) is 11.0 Å². The molecule has 3 atom stereocenters. The van der Waals surface area contributed by atoms with Gasteiger partial charge in [0.15, 0.2) is 0 Å². The number of imide groups is 1. The Morgan fingerprint density at radius 2 is 1.80 bits per heavy atom. The highest BCUT2D eigenvalue weighted by Crippen LogP contribution is 2.50. The number of carbonyl (C=O) groups excluding carboxylic acids is 2. The van der Waals surface area contributed by atoms with E-state index < -0.39 is 35.5 Å². The van der Waals surface area contributed by atoms with Crippen molar-refractivity contribution in [1.82, 2.24) is 9.47 Å². The fourth-order valence-electron chi connectivity index (χ4n) is 3.51. The summed E-state index contributed by atoms with van der Waals surface area (Å²) in [5.41, 5.74) is -0.361. The van der Waals surface area contributed by atoms with Crippen LogP contribution in [-0.2, 0) is 15.8 Å². The molecule has 0 aromatic carbocycles. The van der Waals surface area contributed by atoms with Gasteiger partial charge in [0.2, 0.25) is 11.8 Å². The molecular formula is C13H13F3N2O2. The molecule has 2 amide bonds. The second-order valence-electron chi connectivity index (χ2n) is 5.42. The first-order chi connectivity index (χ1) is 9.16. The Balaban J connectivity index is 2.19. The number of aromatic nitrogens is 1. The third-order valence-electron chi connectivity index (χ3n) is 4.44. The minimum atomic E-state index is -4.45. The molecule has 2 aliphatic rings. The summed E-state index contributed by atoms with van der Waals surface area (Å²) in [5.74, 6) is -2.10. The van der Waals surface area contributed by atoms with Gasteiger partial charge in [0.1, 0.15) is 0 Å². The quantitative estimate of drug-likeness (QED) is 0.685. The van der Waals surface area contributed by atoms with Crippen LogP contribution in [0.4, 0.5) is 13.2 Å². The Morgan fingerprint density at radius 3 is 2.35 bits per heavy atom. The van der Waals surface area contributed by atoms with Crippen LogP contribution in [0.5, 0.6) is 0 Å². The maximum atomic E-state index is 12.9. The standard InChI is InChI=1S/C13H13F3N2O2/c1-5-7(13(14,15)16)4-8-10-9(6(2)18(5)8)11(19)17(3)12(10)20/h4,6,9-10H,1-3H3/t6-,9+,10-/m1/s1. The van der Waals surface area contributed by atoms with E-state index in [2.05, 4.69) is 0 Å². The maximum Gasteiger partial charge on any atom is 0.418 e. The van der Waals surface area contributed by atoms with Crippen LogP contribution in [-0.4, -0.2) is 28.3 Å². The number of hydrogen-bond acceptors (Lipinski definition) is 2. The van der Waals surface area contributed by atoms with Gasteiger partial charge < -0.3 is 4.57 Å². The third kappa shape index (κ3) is 1.38. The SMILES string of the molecule is Cc1c(C(F)(F)F)cc2n1[C@H](C)[C@@H]1C(=O)N(C)C(=O)[C@H]21. The van der Waals surface area contributed by atoms with Crippen LogP contribution >= 0.6 is 0 Å². The molecule has 0 radical (unpaired) electrons. The van der Waals surface area contributed by atoms with E-state index in [9.17, 15) is 22.8 Å². The van der Waals surface area contributed by atoms with Crippen molar-refractivity contribution in [3.05, 3.63) is 23.0 Å². The normalized spacial score (nSPS) is 29.1. The molecular weight excluding hydrogens is 273 g/mol. The zero-order valence-electron chi connectivity index (χ0n) is 11.2. The van der Waals surface area contributed by atoms with E-state index in [-0.39, 0.29) is 11.6 Å². The van der Waals surface area contributed by atoms with E-state index in [1.807, 2.05) is 0 Å². The summed E-state index contributed by atoms with van der Waals surface area (Å²) in [7, 11) is 1.38. The van der Waals surface area contributed by atoms with Crippen molar-refractivity contribution >= 4 is 11.8 Å². The van der Waals surface area contributed by atoms with Gasteiger partial charge in [-0.05, 0) is 19.9 Å². The monoisotopic (exact) mass is 286 g/mol. The van der Waals surface area contributed by atoms with Crippen molar-refractivity contribution in [3.8, 4) is 0 Å². The van der Waals surface area contributed by atoms with E-state index >= 15 is 0 Å². The number of likely N-dealkylation sites (N-methyl/N-ethyl adjacent to an activating group) is 1. The van der Waals surface area contributed by atoms with Crippen LogP contribution in [0.3, 0.4) is 0 Å². The van der Waals surface area contributed by atoms with E-state index in [4.69, 9.17) is 0 Å². The molecule has 3 rings (SSSR count). The van der Waals surface area contributed by atoms with Gasteiger partial charge in [-0.3, -0.25) is 14.5 Å². The predicted molar refractivity (Wildman–Crippen MR) is 62.9 cm³/mol. The molecule has 3 heterocycles. The van der Waals surface area contributed by atoms with Gasteiger partial charge in [-0.25, -0.2) is 0 Å². The highest BCUT2D eigenvalue weighted by atomic mass is 19.4. The molecule has 0 saturated carbocycles. The number of rotatable bonds is 0. The van der Waals surface area contributed by atoms with Gasteiger partial charge in [0.25, 0.3) is 0 Å². The molecule has 0 bridgehead atoms. The van der Waals surface area contributed by atoms with Gasteiger partial charge in [0, 0.05) is 24.5 Å². The Hall–Kier alpha value is -1.79. The first kappa shape index (κ1) is 13.2. The Kier molecular flexibility index (Phi) is 2.41. The second-order valence-corrected chi connectivity index (χ2v) is 5.42. The number of alkyl halides is 3. The molecule has 1 aromatic rings. The van der Waals surface area contributed by atoms with E-state index in [1.54, 1.807) is 6.92 Å². The molecule has 0 N–H and O–H groups in total. The van der Waals surface area contributed by atoms with Crippen molar-refractivity contribution in [2.45, 2.75) is 32.0 Å². The molecule has 20 heavy (non-hydrogen) atoms. The molecule has 7 heteroatoms. The number of amides is 2. The minimum absolute atomic E-state index is 0.0673. The van der Waals surface area contributed by atoms with E-state index in [0.29, 0.717) is 5.69 Å². The first-order valence-electron chi connectivity index (χ1n) is 6.26. The lowest BCUT2D eigenvalue weighted by atomic mass is 9.90. The highest BCUT2D eigenvalue weighted by molar-refractivity contribution is 6.08. The van der Waals surface area contributed by atoms with Gasteiger partial charge in [0.05, 0.1) is 17.4 Å². The molecule has 2 aliphatic heterocycles. The Bertz CT molecular complexity index is 632. The Labute approximate surface area is 113 Å². The summed E-state index contributed by atoms with van der Waals surface area (Å²) in [6, 6.07) is 0.577. The van der Waals surface area contributed by atoms with Crippen LogP contribution in [0, 0.1) is 12.8 Å². The summed E-state index contributed by atoms with van der Waals surface area (Å²) in [6.07, 6.45) is -4.45. The van der Waals surface area contributed by atoms with Crippen molar-refractivity contribution in [3.63, 3.8) is 0 Å². The molecule has 1 fully saturated rings. The number of fused-ring (bicyclic) bond motifs is 3. The van der Waals surface area contributed by atoms with Crippen LogP contribution < -0.4 is 0 Å². The van der Waals surface area contributed by atoms with Crippen LogP contribution in [0.25, 0.3) is 0 Å². The molecule has 1 aromatic heterocycles. The van der Waals surface area contributed by atoms with Crippen LogP contribution in [0.1, 0.15) is 35.8 Å². The number of likely N-dealkylation sites (tertiary alicyclic amines) is 1. The Morgan fingerprint density at radius 1 is 1.20 bits per heavy atom. The number of halogens is 3. The average Bonchev–Trinajstić information content (AvgIpc) is 2.89. The highest BCUT2D eigenvalue weighted by Gasteiger charge is 2.56. The fraction of sp³-hybridized carbons (Fsp3) is 0.538. The van der Waals surface area contributed by atoms with Gasteiger partial charge in [-0.15, -0.1) is 0 Å². The van der Waals surface area contributed by atoms with E-state index in [1.165, 1.54) is 18.5 Å². The van der Waals surface area contributed by atoms with Crippen molar-refractivity contribution in [2.75, 3.05) is 7.05 Å². The molecule has 0 aliphatic carbocycles. The summed E-state index contributed by atoms with van der Waals surface area (Å²) in [6.45, 7) is 3.06. The number of carbonyl (C=O) groups is 2.